The van der Waals surface area contributed by atoms with E-state index in [0.29, 0.717) is 22.1 Å². The van der Waals surface area contributed by atoms with Gasteiger partial charge in [-0.15, -0.1) is 0 Å². The van der Waals surface area contributed by atoms with Gasteiger partial charge in [-0.1, -0.05) is 0 Å². The molecule has 0 unspecified atom stereocenters. The number of aromatic nitrogens is 3. The molecular formula is C12H14N4O2S. The number of methoxy groups -OCH3 is 2. The van der Waals surface area contributed by atoms with E-state index in [1.165, 1.54) is 0 Å². The highest BCUT2D eigenvalue weighted by molar-refractivity contribution is 7.71. The van der Waals surface area contributed by atoms with E-state index in [4.69, 9.17) is 21.7 Å². The lowest BCUT2D eigenvalue weighted by atomic mass is 10.2. The van der Waals surface area contributed by atoms with Gasteiger partial charge in [0, 0.05) is 11.8 Å². The van der Waals surface area contributed by atoms with Gasteiger partial charge < -0.3 is 14.8 Å². The van der Waals surface area contributed by atoms with E-state index in [9.17, 15) is 0 Å². The van der Waals surface area contributed by atoms with Crippen molar-refractivity contribution >= 4 is 23.7 Å². The zero-order valence-electron chi connectivity index (χ0n) is 10.9. The standard InChI is InChI=1S/C12H14N4O2S/c1-7-11(14-12(19)16-15-7)13-8-4-5-9(17-2)10(6-8)18-3/h4-6H,1-3H3,(H2,13,14,16,19). The number of nitrogens with zero attached hydrogens (tertiary/aromatic N) is 2. The van der Waals surface area contributed by atoms with E-state index in [2.05, 4.69) is 20.5 Å². The Kier molecular flexibility index (Phi) is 3.96. The minimum atomic E-state index is 0.327. The lowest BCUT2D eigenvalue weighted by Crippen LogP contribution is -2.01. The zero-order chi connectivity index (χ0) is 13.8. The molecule has 0 fully saturated rings. The first-order valence-electron chi connectivity index (χ1n) is 5.56. The van der Waals surface area contributed by atoms with E-state index in [-0.39, 0.29) is 0 Å². The van der Waals surface area contributed by atoms with Gasteiger partial charge >= 0.3 is 0 Å². The summed E-state index contributed by atoms with van der Waals surface area (Å²) in [6, 6.07) is 5.50. The van der Waals surface area contributed by atoms with Gasteiger partial charge in [0.2, 0.25) is 4.77 Å². The van der Waals surface area contributed by atoms with Gasteiger partial charge in [0.1, 0.15) is 5.69 Å². The van der Waals surface area contributed by atoms with E-state index in [0.717, 1.165) is 11.4 Å². The summed E-state index contributed by atoms with van der Waals surface area (Å²) in [4.78, 5) is 4.18. The van der Waals surface area contributed by atoms with Crippen molar-refractivity contribution in [2.75, 3.05) is 19.5 Å². The summed E-state index contributed by atoms with van der Waals surface area (Å²) in [7, 11) is 3.18. The van der Waals surface area contributed by atoms with Crippen LogP contribution < -0.4 is 14.8 Å². The van der Waals surface area contributed by atoms with Crippen molar-refractivity contribution < 1.29 is 9.47 Å². The third-order valence-electron chi connectivity index (χ3n) is 2.52. The van der Waals surface area contributed by atoms with Crippen molar-refractivity contribution in [3.8, 4) is 11.5 Å². The number of nitrogens with one attached hydrogen (secondary N) is 2. The van der Waals surface area contributed by atoms with E-state index >= 15 is 0 Å². The minimum absolute atomic E-state index is 0.327. The number of hydrogen-bond acceptors (Lipinski definition) is 6. The highest BCUT2D eigenvalue weighted by atomic mass is 32.1. The van der Waals surface area contributed by atoms with Crippen molar-refractivity contribution in [1.29, 1.82) is 0 Å². The second-order valence-corrected chi connectivity index (χ2v) is 4.16. The molecule has 2 N–H and O–H groups in total. The predicted molar refractivity (Wildman–Crippen MR) is 74.8 cm³/mol. The lowest BCUT2D eigenvalue weighted by molar-refractivity contribution is 0.355. The average Bonchev–Trinajstić information content (AvgIpc) is 2.42. The number of hydrogen-bond donors (Lipinski definition) is 2. The molecule has 2 aromatic rings. The molecule has 2 rings (SSSR count). The van der Waals surface area contributed by atoms with Crippen LogP contribution in [0.4, 0.5) is 11.5 Å². The first-order chi connectivity index (χ1) is 9.13. The Morgan fingerprint density at radius 2 is 1.95 bits per heavy atom. The van der Waals surface area contributed by atoms with Crippen LogP contribution in [-0.2, 0) is 0 Å². The quantitative estimate of drug-likeness (QED) is 0.838. The SMILES string of the molecule is COc1ccc(Nc2nc(=S)[nH]nc2C)cc1OC. The van der Waals surface area contributed by atoms with Gasteiger partial charge in [-0.25, -0.2) is 0 Å². The lowest BCUT2D eigenvalue weighted by Gasteiger charge is -2.11. The molecule has 19 heavy (non-hydrogen) atoms. The van der Waals surface area contributed by atoms with Crippen molar-refractivity contribution in [2.24, 2.45) is 0 Å². The fourth-order valence-electron chi connectivity index (χ4n) is 1.56. The second-order valence-electron chi connectivity index (χ2n) is 3.77. The molecule has 0 bridgehead atoms. The summed E-state index contributed by atoms with van der Waals surface area (Å²) in [5, 5.41) is 9.82. The molecule has 1 aromatic heterocycles. The summed E-state index contributed by atoms with van der Waals surface area (Å²) < 4.78 is 10.7. The Labute approximate surface area is 115 Å². The van der Waals surface area contributed by atoms with E-state index < -0.39 is 0 Å². The molecule has 0 aliphatic carbocycles. The summed E-state index contributed by atoms with van der Waals surface area (Å²) in [5.74, 6) is 1.91. The molecule has 0 saturated carbocycles. The number of benzene rings is 1. The Morgan fingerprint density at radius 1 is 1.21 bits per heavy atom. The minimum Gasteiger partial charge on any atom is -0.493 e. The first-order valence-corrected chi connectivity index (χ1v) is 5.97. The van der Waals surface area contributed by atoms with Crippen LogP contribution in [0, 0.1) is 11.7 Å². The first kappa shape index (κ1) is 13.3. The maximum Gasteiger partial charge on any atom is 0.215 e. The third kappa shape index (κ3) is 3.00. The second kappa shape index (κ2) is 5.66. The van der Waals surface area contributed by atoms with Crippen LogP contribution in [0.1, 0.15) is 5.69 Å². The Balaban J connectivity index is 2.33. The molecule has 0 aliphatic rings. The highest BCUT2D eigenvalue weighted by Crippen LogP contribution is 2.30. The molecule has 100 valence electrons. The van der Waals surface area contributed by atoms with E-state index in [1.54, 1.807) is 14.2 Å². The number of ether oxygens (including phenoxy) is 2. The van der Waals surface area contributed by atoms with Crippen molar-refractivity contribution in [3.63, 3.8) is 0 Å². The number of anilines is 2. The van der Waals surface area contributed by atoms with Crippen molar-refractivity contribution in [3.05, 3.63) is 28.7 Å². The van der Waals surface area contributed by atoms with Crippen LogP contribution in [0.15, 0.2) is 18.2 Å². The maximum absolute atomic E-state index is 5.24. The Hall–Kier alpha value is -2.15. The fourth-order valence-corrected chi connectivity index (χ4v) is 1.70. The predicted octanol–water partition coefficient (Wildman–Crippen LogP) is 2.60. The molecular weight excluding hydrogens is 264 g/mol. The fraction of sp³-hybridized carbons (Fsp3) is 0.250. The monoisotopic (exact) mass is 278 g/mol. The van der Waals surface area contributed by atoms with E-state index in [1.807, 2.05) is 25.1 Å². The molecule has 7 heteroatoms. The molecule has 0 spiro atoms. The number of aryl methyl sites for hydroxylation is 1. The third-order valence-corrected chi connectivity index (χ3v) is 2.70. The molecule has 6 nitrogen and oxygen atoms in total. The van der Waals surface area contributed by atoms with Gasteiger partial charge in [-0.2, -0.15) is 10.1 Å². The molecule has 0 saturated heterocycles. The number of aromatic amines is 1. The van der Waals surface area contributed by atoms with Gasteiger partial charge in [0.15, 0.2) is 17.3 Å². The molecule has 0 amide bonds. The van der Waals surface area contributed by atoms with Gasteiger partial charge in [-0.05, 0) is 31.3 Å². The largest absolute Gasteiger partial charge is 0.493 e. The number of H-pyrrole nitrogens is 1. The molecule has 1 heterocycles. The molecule has 0 atom stereocenters. The normalized spacial score (nSPS) is 10.1. The Bertz CT molecular complexity index is 642. The Morgan fingerprint density at radius 3 is 2.63 bits per heavy atom. The molecule has 0 aliphatic heterocycles. The average molecular weight is 278 g/mol. The van der Waals surface area contributed by atoms with Crippen LogP contribution in [0.3, 0.4) is 0 Å². The zero-order valence-corrected chi connectivity index (χ0v) is 11.7. The highest BCUT2D eigenvalue weighted by Gasteiger charge is 2.07. The van der Waals surface area contributed by atoms with Crippen molar-refractivity contribution in [2.45, 2.75) is 6.92 Å². The van der Waals surface area contributed by atoms with Crippen molar-refractivity contribution in [1.82, 2.24) is 15.2 Å². The van der Waals surface area contributed by atoms with Gasteiger partial charge in [-0.3, -0.25) is 5.10 Å². The van der Waals surface area contributed by atoms with Gasteiger partial charge in [0.25, 0.3) is 0 Å². The smallest absolute Gasteiger partial charge is 0.215 e. The van der Waals surface area contributed by atoms with Crippen LogP contribution in [-0.4, -0.2) is 29.4 Å². The summed E-state index contributed by atoms with van der Waals surface area (Å²) >= 11 is 4.95. The maximum atomic E-state index is 5.24. The summed E-state index contributed by atoms with van der Waals surface area (Å²) in [5.41, 5.74) is 1.54. The summed E-state index contributed by atoms with van der Waals surface area (Å²) in [6.07, 6.45) is 0. The number of rotatable bonds is 4. The van der Waals surface area contributed by atoms with Crippen LogP contribution >= 0.6 is 12.2 Å². The molecule has 1 aromatic carbocycles. The van der Waals surface area contributed by atoms with Crippen LogP contribution in [0.5, 0.6) is 11.5 Å². The van der Waals surface area contributed by atoms with Gasteiger partial charge in [0.05, 0.1) is 14.2 Å². The topological polar surface area (TPSA) is 72.1 Å². The van der Waals surface area contributed by atoms with Crippen LogP contribution in [0.2, 0.25) is 0 Å². The summed E-state index contributed by atoms with van der Waals surface area (Å²) in [6.45, 7) is 1.83. The van der Waals surface area contributed by atoms with Crippen LogP contribution in [0.25, 0.3) is 0 Å². The molecule has 0 radical (unpaired) electrons.